The van der Waals surface area contributed by atoms with Gasteiger partial charge in [0.25, 0.3) is 0 Å². The molecular weight excluding hydrogens is 362 g/mol. The van der Waals surface area contributed by atoms with Crippen molar-refractivity contribution in [3.8, 4) is 0 Å². The number of benzene rings is 1. The van der Waals surface area contributed by atoms with E-state index in [-0.39, 0.29) is 10.6 Å². The van der Waals surface area contributed by atoms with Crippen LogP contribution in [0.2, 0.25) is 10.6 Å². The molecule has 16 heavy (non-hydrogen) atoms. The van der Waals surface area contributed by atoms with E-state index in [1.54, 1.807) is 0 Å². The van der Waals surface area contributed by atoms with Crippen LogP contribution in [0.25, 0.3) is 0 Å². The summed E-state index contributed by atoms with van der Waals surface area (Å²) in [6, 6.07) is 7.73. The smallest absolute Gasteiger partial charge is 0.232 e. The Bertz CT molecular complexity index is 500. The van der Waals surface area contributed by atoms with Gasteiger partial charge in [-0.2, -0.15) is 15.0 Å². The molecule has 0 fully saturated rings. The number of hydrogen-bond acceptors (Lipinski definition) is 4. The van der Waals surface area contributed by atoms with E-state index in [1.807, 2.05) is 24.3 Å². The third-order valence-corrected chi connectivity index (χ3v) is 2.98. The average molecular weight is 367 g/mol. The molecule has 0 radical (unpaired) electrons. The minimum Gasteiger partial charge on any atom is -0.323 e. The van der Waals surface area contributed by atoms with E-state index >= 15 is 0 Å². The number of nitrogens with one attached hydrogen (secondary N) is 1. The molecule has 0 bridgehead atoms. The third kappa shape index (κ3) is 2.93. The topological polar surface area (TPSA) is 50.7 Å². The van der Waals surface area contributed by atoms with Gasteiger partial charge in [0.2, 0.25) is 16.5 Å². The van der Waals surface area contributed by atoms with Crippen LogP contribution in [0.3, 0.4) is 0 Å². The van der Waals surface area contributed by atoms with Gasteiger partial charge in [-0.15, -0.1) is 0 Å². The first-order valence-electron chi connectivity index (χ1n) is 4.24. The first-order chi connectivity index (χ1) is 7.65. The normalized spacial score (nSPS) is 10.2. The number of hydrogen-bond donors (Lipinski definition) is 1. The minimum absolute atomic E-state index is 0.0634. The number of aromatic nitrogens is 3. The predicted octanol–water partition coefficient (Wildman–Crippen LogP) is 3.53. The Morgan fingerprint density at radius 3 is 2.25 bits per heavy atom. The number of nitrogens with zero attached hydrogens (tertiary/aromatic N) is 3. The van der Waals surface area contributed by atoms with Crippen molar-refractivity contribution in [1.82, 2.24) is 15.0 Å². The molecule has 0 aliphatic heterocycles. The molecule has 1 aromatic heterocycles. The van der Waals surface area contributed by atoms with Crippen molar-refractivity contribution in [2.75, 3.05) is 5.32 Å². The highest BCUT2D eigenvalue weighted by Gasteiger charge is 2.04. The molecule has 1 heterocycles. The third-order valence-electron chi connectivity index (χ3n) is 1.70. The van der Waals surface area contributed by atoms with Gasteiger partial charge >= 0.3 is 0 Å². The molecule has 2 aromatic rings. The van der Waals surface area contributed by atoms with Crippen molar-refractivity contribution in [3.05, 3.63) is 38.4 Å². The van der Waals surface area contributed by atoms with Gasteiger partial charge in [0.15, 0.2) is 0 Å². The molecular formula is C9H5Cl2IN4. The lowest BCUT2D eigenvalue weighted by Crippen LogP contribution is -2.00. The number of rotatable bonds is 2. The van der Waals surface area contributed by atoms with Gasteiger partial charge in [0.1, 0.15) is 0 Å². The SMILES string of the molecule is Clc1nc(Cl)nc(Nc2ccccc2I)n1. The first-order valence-corrected chi connectivity index (χ1v) is 6.07. The molecule has 0 saturated heterocycles. The maximum atomic E-state index is 5.67. The molecule has 0 unspecified atom stereocenters. The first kappa shape index (κ1) is 11.8. The van der Waals surface area contributed by atoms with Crippen molar-refractivity contribution in [1.29, 1.82) is 0 Å². The fourth-order valence-electron chi connectivity index (χ4n) is 1.06. The van der Waals surface area contributed by atoms with Crippen LogP contribution in [-0.4, -0.2) is 15.0 Å². The number of para-hydroxylation sites is 1. The summed E-state index contributed by atoms with van der Waals surface area (Å²) in [5, 5.41) is 3.14. The van der Waals surface area contributed by atoms with E-state index < -0.39 is 0 Å². The molecule has 0 spiro atoms. The molecule has 7 heteroatoms. The summed E-state index contributed by atoms with van der Waals surface area (Å²) < 4.78 is 1.05. The highest BCUT2D eigenvalue weighted by atomic mass is 127. The molecule has 0 atom stereocenters. The molecule has 0 aliphatic rings. The van der Waals surface area contributed by atoms with Crippen LogP contribution in [-0.2, 0) is 0 Å². The lowest BCUT2D eigenvalue weighted by molar-refractivity contribution is 1.05. The van der Waals surface area contributed by atoms with Crippen molar-refractivity contribution in [3.63, 3.8) is 0 Å². The lowest BCUT2D eigenvalue weighted by Gasteiger charge is -2.06. The monoisotopic (exact) mass is 366 g/mol. The van der Waals surface area contributed by atoms with E-state index in [4.69, 9.17) is 23.2 Å². The fraction of sp³-hybridized carbons (Fsp3) is 0. The Labute approximate surface area is 116 Å². The van der Waals surface area contributed by atoms with E-state index in [9.17, 15) is 0 Å². The molecule has 2 rings (SSSR count). The zero-order valence-electron chi connectivity index (χ0n) is 7.78. The van der Waals surface area contributed by atoms with Gasteiger partial charge in [-0.05, 0) is 57.9 Å². The van der Waals surface area contributed by atoms with Gasteiger partial charge < -0.3 is 5.32 Å². The standard InChI is InChI=1S/C9H5Cl2IN4/c10-7-14-8(11)16-9(15-7)13-6-4-2-1-3-5(6)12/h1-4H,(H,13,14,15,16). The van der Waals surface area contributed by atoms with E-state index in [1.165, 1.54) is 0 Å². The summed E-state index contributed by atoms with van der Waals surface area (Å²) in [5.74, 6) is 0.328. The van der Waals surface area contributed by atoms with Crippen LogP contribution in [0.4, 0.5) is 11.6 Å². The Hall–Kier alpha value is -0.660. The number of halogens is 3. The Morgan fingerprint density at radius 2 is 1.62 bits per heavy atom. The van der Waals surface area contributed by atoms with Crippen LogP contribution in [0, 0.1) is 3.57 Å². The van der Waals surface area contributed by atoms with Crippen LogP contribution < -0.4 is 5.32 Å². The Balaban J connectivity index is 2.30. The van der Waals surface area contributed by atoms with Gasteiger partial charge in [0, 0.05) is 3.57 Å². The van der Waals surface area contributed by atoms with Crippen LogP contribution in [0.1, 0.15) is 0 Å². The highest BCUT2D eigenvalue weighted by Crippen LogP contribution is 2.21. The van der Waals surface area contributed by atoms with E-state index in [0.29, 0.717) is 5.95 Å². The second-order valence-electron chi connectivity index (χ2n) is 2.80. The molecule has 0 amide bonds. The highest BCUT2D eigenvalue weighted by molar-refractivity contribution is 14.1. The van der Waals surface area contributed by atoms with Gasteiger partial charge in [-0.25, -0.2) is 0 Å². The van der Waals surface area contributed by atoms with Crippen molar-refractivity contribution < 1.29 is 0 Å². The van der Waals surface area contributed by atoms with E-state index in [0.717, 1.165) is 9.26 Å². The van der Waals surface area contributed by atoms with Gasteiger partial charge in [-0.1, -0.05) is 12.1 Å². The molecule has 0 aliphatic carbocycles. The van der Waals surface area contributed by atoms with Gasteiger partial charge in [0.05, 0.1) is 5.69 Å². The molecule has 4 nitrogen and oxygen atoms in total. The molecule has 0 saturated carbocycles. The maximum absolute atomic E-state index is 5.67. The number of anilines is 2. The van der Waals surface area contributed by atoms with Crippen LogP contribution in [0.5, 0.6) is 0 Å². The summed E-state index contributed by atoms with van der Waals surface area (Å²) in [6.45, 7) is 0. The zero-order valence-corrected chi connectivity index (χ0v) is 11.5. The minimum atomic E-state index is 0.0634. The summed E-state index contributed by atoms with van der Waals surface area (Å²) >= 11 is 13.5. The van der Waals surface area contributed by atoms with Crippen LogP contribution >= 0.6 is 45.8 Å². The van der Waals surface area contributed by atoms with Gasteiger partial charge in [-0.3, -0.25) is 0 Å². The molecule has 82 valence electrons. The summed E-state index contributed by atoms with van der Waals surface area (Å²) in [4.78, 5) is 11.5. The van der Waals surface area contributed by atoms with Crippen molar-refractivity contribution >= 4 is 57.4 Å². The Morgan fingerprint density at radius 1 is 1.00 bits per heavy atom. The quantitative estimate of drug-likeness (QED) is 0.826. The van der Waals surface area contributed by atoms with Crippen molar-refractivity contribution in [2.24, 2.45) is 0 Å². The predicted molar refractivity (Wildman–Crippen MR) is 72.3 cm³/mol. The summed E-state index contributed by atoms with van der Waals surface area (Å²) in [6.07, 6.45) is 0. The average Bonchev–Trinajstić information content (AvgIpc) is 2.20. The largest absolute Gasteiger partial charge is 0.323 e. The lowest BCUT2D eigenvalue weighted by atomic mass is 10.3. The van der Waals surface area contributed by atoms with Crippen molar-refractivity contribution in [2.45, 2.75) is 0 Å². The van der Waals surface area contributed by atoms with E-state index in [2.05, 4.69) is 42.9 Å². The molecule has 1 N–H and O–H groups in total. The zero-order chi connectivity index (χ0) is 11.5. The second-order valence-corrected chi connectivity index (χ2v) is 4.64. The van der Waals surface area contributed by atoms with Crippen LogP contribution in [0.15, 0.2) is 24.3 Å². The molecule has 1 aromatic carbocycles. The maximum Gasteiger partial charge on any atom is 0.232 e. The fourth-order valence-corrected chi connectivity index (χ4v) is 1.95. The Kier molecular flexibility index (Phi) is 3.78. The summed E-state index contributed by atoms with van der Waals surface area (Å²) in [7, 11) is 0. The second kappa shape index (κ2) is 5.11. The summed E-state index contributed by atoms with van der Waals surface area (Å²) in [5.41, 5.74) is 0.890.